The van der Waals surface area contributed by atoms with E-state index < -0.39 is 16.9 Å². The lowest BCUT2D eigenvalue weighted by Gasteiger charge is -2.16. The molecule has 19 heavy (non-hydrogen) atoms. The van der Waals surface area contributed by atoms with Crippen LogP contribution in [0, 0.1) is 28.4 Å². The molecule has 0 bridgehead atoms. The van der Waals surface area contributed by atoms with Crippen molar-refractivity contribution in [2.24, 2.45) is 5.92 Å². The van der Waals surface area contributed by atoms with E-state index >= 15 is 0 Å². The number of carbonyl (C=O) groups excluding carboxylic acids is 1. The summed E-state index contributed by atoms with van der Waals surface area (Å²) in [5.74, 6) is 2.13. The maximum atomic E-state index is 12.0. The van der Waals surface area contributed by atoms with Crippen LogP contribution in [0.2, 0.25) is 0 Å². The lowest BCUT2D eigenvalue weighted by Crippen LogP contribution is -2.37. The minimum absolute atomic E-state index is 0.0828. The molecule has 0 saturated heterocycles. The van der Waals surface area contributed by atoms with Crippen LogP contribution in [0.3, 0.4) is 0 Å². The Hall–Kier alpha value is -1.87. The van der Waals surface area contributed by atoms with Crippen molar-refractivity contribution in [3.05, 3.63) is 38.3 Å². The van der Waals surface area contributed by atoms with Crippen LogP contribution in [0.1, 0.15) is 24.2 Å². The van der Waals surface area contributed by atoms with E-state index in [1.54, 1.807) is 0 Å². The third kappa shape index (κ3) is 3.80. The highest BCUT2D eigenvalue weighted by Gasteiger charge is 2.18. The van der Waals surface area contributed by atoms with E-state index in [2.05, 4.69) is 27.2 Å². The van der Waals surface area contributed by atoms with Crippen LogP contribution in [-0.2, 0) is 0 Å². The molecule has 0 fully saturated rings. The fraction of sp³-hybridized carbons (Fsp3) is 0.308. The van der Waals surface area contributed by atoms with Gasteiger partial charge in [0.1, 0.15) is 0 Å². The molecule has 1 aromatic rings. The van der Waals surface area contributed by atoms with Gasteiger partial charge in [-0.15, -0.1) is 6.42 Å². The molecule has 0 aliphatic carbocycles. The van der Waals surface area contributed by atoms with Crippen LogP contribution >= 0.6 is 15.9 Å². The summed E-state index contributed by atoms with van der Waals surface area (Å²) in [4.78, 5) is 22.2. The number of amides is 1. The van der Waals surface area contributed by atoms with Crippen molar-refractivity contribution >= 4 is 27.5 Å². The number of carbonyl (C=O) groups is 1. The third-order valence-corrected chi connectivity index (χ3v) is 3.21. The number of nitro groups is 1. The molecular formula is C13H13BrN2O3. The summed E-state index contributed by atoms with van der Waals surface area (Å²) in [7, 11) is 0. The first-order valence-corrected chi connectivity index (χ1v) is 6.37. The van der Waals surface area contributed by atoms with Crippen LogP contribution in [0.4, 0.5) is 5.69 Å². The molecule has 6 heteroatoms. The van der Waals surface area contributed by atoms with E-state index in [-0.39, 0.29) is 17.2 Å². The van der Waals surface area contributed by atoms with Crippen LogP contribution in [0.15, 0.2) is 22.7 Å². The predicted molar refractivity (Wildman–Crippen MR) is 75.7 cm³/mol. The standard InChI is InChI=1S/C13H13BrN2O3/c1-4-11(8(2)3)15-13(17)9-5-6-10(14)12(7-9)16(18)19/h1,5-8,11H,2-3H3,(H,15,17). The summed E-state index contributed by atoms with van der Waals surface area (Å²) in [6.07, 6.45) is 5.32. The average Bonchev–Trinajstić information content (AvgIpc) is 2.35. The maximum Gasteiger partial charge on any atom is 0.284 e. The van der Waals surface area contributed by atoms with Crippen molar-refractivity contribution in [1.82, 2.24) is 5.32 Å². The molecule has 0 aliphatic rings. The smallest absolute Gasteiger partial charge is 0.284 e. The fourth-order valence-electron chi connectivity index (χ4n) is 1.42. The molecule has 1 unspecified atom stereocenters. The van der Waals surface area contributed by atoms with E-state index in [1.807, 2.05) is 13.8 Å². The second-order valence-electron chi connectivity index (χ2n) is 4.29. The Morgan fingerprint density at radius 1 is 1.53 bits per heavy atom. The molecule has 5 nitrogen and oxygen atoms in total. The quantitative estimate of drug-likeness (QED) is 0.526. The molecule has 1 amide bonds. The molecule has 1 rings (SSSR count). The van der Waals surface area contributed by atoms with E-state index in [4.69, 9.17) is 6.42 Å². The molecule has 0 aliphatic heterocycles. The molecule has 0 radical (unpaired) electrons. The van der Waals surface area contributed by atoms with Crippen LogP contribution in [0.5, 0.6) is 0 Å². The Morgan fingerprint density at radius 2 is 2.16 bits per heavy atom. The summed E-state index contributed by atoms with van der Waals surface area (Å²) in [5, 5.41) is 13.4. The van der Waals surface area contributed by atoms with Gasteiger partial charge in [0.15, 0.2) is 0 Å². The van der Waals surface area contributed by atoms with E-state index in [0.29, 0.717) is 4.47 Å². The van der Waals surface area contributed by atoms with Crippen molar-refractivity contribution in [3.8, 4) is 12.3 Å². The molecule has 0 aromatic heterocycles. The first-order chi connectivity index (χ1) is 8.86. The third-order valence-electron chi connectivity index (χ3n) is 2.54. The molecule has 1 atom stereocenters. The maximum absolute atomic E-state index is 12.0. The van der Waals surface area contributed by atoms with Crippen LogP contribution in [0.25, 0.3) is 0 Å². The number of rotatable bonds is 4. The number of halogens is 1. The SMILES string of the molecule is C#CC(NC(=O)c1ccc(Br)c([N+](=O)[O-])c1)C(C)C. The van der Waals surface area contributed by atoms with Gasteiger partial charge in [-0.2, -0.15) is 0 Å². The number of nitro benzene ring substituents is 1. The van der Waals surface area contributed by atoms with Crippen molar-refractivity contribution in [2.45, 2.75) is 19.9 Å². The zero-order valence-electron chi connectivity index (χ0n) is 10.5. The number of nitrogens with zero attached hydrogens (tertiary/aromatic N) is 1. The van der Waals surface area contributed by atoms with Gasteiger partial charge >= 0.3 is 0 Å². The zero-order chi connectivity index (χ0) is 14.6. The van der Waals surface area contributed by atoms with Gasteiger partial charge in [-0.25, -0.2) is 0 Å². The number of terminal acetylenes is 1. The van der Waals surface area contributed by atoms with E-state index in [1.165, 1.54) is 18.2 Å². The summed E-state index contributed by atoms with van der Waals surface area (Å²) < 4.78 is 0.325. The molecule has 1 aromatic carbocycles. The number of hydrogen-bond donors (Lipinski definition) is 1. The molecule has 100 valence electrons. The second-order valence-corrected chi connectivity index (χ2v) is 5.14. The Morgan fingerprint density at radius 3 is 2.63 bits per heavy atom. The minimum Gasteiger partial charge on any atom is -0.338 e. The highest BCUT2D eigenvalue weighted by molar-refractivity contribution is 9.10. The molecule has 1 N–H and O–H groups in total. The van der Waals surface area contributed by atoms with Gasteiger partial charge in [0.25, 0.3) is 11.6 Å². The predicted octanol–water partition coefficient (Wildman–Crippen LogP) is 2.74. The average molecular weight is 325 g/mol. The summed E-state index contributed by atoms with van der Waals surface area (Å²) in [6.45, 7) is 3.77. The first-order valence-electron chi connectivity index (χ1n) is 5.57. The van der Waals surface area contributed by atoms with Gasteiger partial charge in [-0.05, 0) is 34.0 Å². The summed E-state index contributed by atoms with van der Waals surface area (Å²) in [6, 6.07) is 3.77. The number of nitrogens with one attached hydrogen (secondary N) is 1. The molecule has 0 saturated carbocycles. The lowest BCUT2D eigenvalue weighted by molar-refractivity contribution is -0.385. The largest absolute Gasteiger partial charge is 0.338 e. The van der Waals surface area contributed by atoms with Crippen molar-refractivity contribution in [1.29, 1.82) is 0 Å². The van der Waals surface area contributed by atoms with Gasteiger partial charge in [-0.1, -0.05) is 19.8 Å². The van der Waals surface area contributed by atoms with Gasteiger partial charge < -0.3 is 5.32 Å². The van der Waals surface area contributed by atoms with Crippen molar-refractivity contribution < 1.29 is 9.72 Å². The molecule has 0 heterocycles. The fourth-order valence-corrected chi connectivity index (χ4v) is 1.81. The Kier molecular flexibility index (Phi) is 5.07. The van der Waals surface area contributed by atoms with Crippen molar-refractivity contribution in [3.63, 3.8) is 0 Å². The van der Waals surface area contributed by atoms with E-state index in [0.717, 1.165) is 0 Å². The lowest BCUT2D eigenvalue weighted by atomic mass is 10.0. The Balaban J connectivity index is 2.98. The minimum atomic E-state index is -0.554. The van der Waals surface area contributed by atoms with Gasteiger partial charge in [0.2, 0.25) is 0 Å². The Bertz CT molecular complexity index is 549. The monoisotopic (exact) mass is 324 g/mol. The number of hydrogen-bond acceptors (Lipinski definition) is 3. The Labute approximate surface area is 119 Å². The van der Waals surface area contributed by atoms with Crippen LogP contribution < -0.4 is 5.32 Å². The summed E-state index contributed by atoms with van der Waals surface area (Å²) in [5.41, 5.74) is 0.0465. The molecule has 0 spiro atoms. The number of benzene rings is 1. The van der Waals surface area contributed by atoms with E-state index in [9.17, 15) is 14.9 Å². The zero-order valence-corrected chi connectivity index (χ0v) is 12.1. The second kappa shape index (κ2) is 6.34. The van der Waals surface area contributed by atoms with Crippen LogP contribution in [-0.4, -0.2) is 16.9 Å². The summed E-state index contributed by atoms with van der Waals surface area (Å²) >= 11 is 3.06. The van der Waals surface area contributed by atoms with Crippen molar-refractivity contribution in [2.75, 3.05) is 0 Å². The molecular weight excluding hydrogens is 312 g/mol. The van der Waals surface area contributed by atoms with Gasteiger partial charge in [0.05, 0.1) is 15.4 Å². The van der Waals surface area contributed by atoms with Gasteiger partial charge in [-0.3, -0.25) is 14.9 Å². The highest BCUT2D eigenvalue weighted by atomic mass is 79.9. The topological polar surface area (TPSA) is 72.2 Å². The normalized spacial score (nSPS) is 11.7. The highest BCUT2D eigenvalue weighted by Crippen LogP contribution is 2.25. The van der Waals surface area contributed by atoms with Gasteiger partial charge in [0, 0.05) is 11.6 Å². The first kappa shape index (κ1) is 15.2.